The molecule has 0 saturated carbocycles. The first-order valence-corrected chi connectivity index (χ1v) is 5.47. The minimum atomic E-state index is -1.09. The number of urea groups is 1. The van der Waals surface area contributed by atoms with Crippen molar-refractivity contribution in [3.05, 3.63) is 34.9 Å². The van der Waals surface area contributed by atoms with E-state index in [2.05, 4.69) is 5.32 Å². The van der Waals surface area contributed by atoms with Crippen molar-refractivity contribution in [2.24, 2.45) is 0 Å². The zero-order valence-electron chi connectivity index (χ0n) is 8.89. The largest absolute Gasteiger partial charge is 0.373 e. The monoisotopic (exact) mass is 254 g/mol. The number of rotatable bonds is 2. The van der Waals surface area contributed by atoms with E-state index >= 15 is 0 Å². The first kappa shape index (κ1) is 11.9. The molecule has 1 heterocycles. The minimum Gasteiger partial charge on any atom is -0.373 e. The van der Waals surface area contributed by atoms with Crippen LogP contribution in [0.5, 0.6) is 0 Å². The lowest BCUT2D eigenvalue weighted by Crippen LogP contribution is -2.54. The molecule has 0 radical (unpaired) electrons. The summed E-state index contributed by atoms with van der Waals surface area (Å²) in [5.74, 6) is -0.402. The van der Waals surface area contributed by atoms with Gasteiger partial charge in [0.2, 0.25) is 5.91 Å². The van der Waals surface area contributed by atoms with Crippen molar-refractivity contribution in [2.75, 3.05) is 0 Å². The third-order valence-corrected chi connectivity index (χ3v) is 2.67. The fraction of sp³-hybridized carbons (Fsp3) is 0.273. The quantitative estimate of drug-likeness (QED) is 0.830. The second-order valence-electron chi connectivity index (χ2n) is 3.78. The number of hydrogen-bond acceptors (Lipinski definition) is 3. The highest BCUT2D eigenvalue weighted by Crippen LogP contribution is 2.15. The number of aliphatic hydroxyl groups is 1. The maximum Gasteiger partial charge on any atom is 0.326 e. The molecule has 0 spiro atoms. The number of carbonyl (C=O) groups excluding carboxylic acids is 2. The van der Waals surface area contributed by atoms with Gasteiger partial charge in [-0.05, 0) is 17.7 Å². The Balaban J connectivity index is 2.13. The van der Waals surface area contributed by atoms with Crippen LogP contribution in [0.1, 0.15) is 12.0 Å². The van der Waals surface area contributed by atoms with Crippen LogP contribution in [-0.2, 0) is 11.3 Å². The van der Waals surface area contributed by atoms with E-state index in [4.69, 9.17) is 11.6 Å². The number of benzene rings is 1. The van der Waals surface area contributed by atoms with Crippen molar-refractivity contribution in [1.29, 1.82) is 0 Å². The van der Waals surface area contributed by atoms with Gasteiger partial charge in [0.15, 0.2) is 0 Å². The molecule has 1 fully saturated rings. The van der Waals surface area contributed by atoms with E-state index in [1.165, 1.54) is 0 Å². The molecule has 1 aliphatic heterocycles. The predicted molar refractivity (Wildman–Crippen MR) is 61.2 cm³/mol. The molecule has 1 atom stereocenters. The smallest absolute Gasteiger partial charge is 0.326 e. The minimum absolute atomic E-state index is 0.105. The van der Waals surface area contributed by atoms with Gasteiger partial charge in [-0.2, -0.15) is 0 Å². The number of amides is 3. The lowest BCUT2D eigenvalue weighted by molar-refractivity contribution is -0.133. The average Bonchev–Trinajstić information content (AvgIpc) is 2.23. The van der Waals surface area contributed by atoms with Crippen molar-refractivity contribution in [3.63, 3.8) is 0 Å². The summed E-state index contributed by atoms with van der Waals surface area (Å²) in [7, 11) is 0. The summed E-state index contributed by atoms with van der Waals surface area (Å²) in [5, 5.41) is 12.0. The summed E-state index contributed by atoms with van der Waals surface area (Å²) >= 11 is 5.81. The third-order valence-electron chi connectivity index (χ3n) is 2.43. The van der Waals surface area contributed by atoms with Gasteiger partial charge < -0.3 is 10.4 Å². The zero-order valence-corrected chi connectivity index (χ0v) is 9.65. The normalized spacial score (nSPS) is 20.4. The molecule has 3 amide bonds. The fourth-order valence-electron chi connectivity index (χ4n) is 1.64. The highest BCUT2D eigenvalue weighted by molar-refractivity contribution is 6.30. The molecule has 1 aromatic carbocycles. The van der Waals surface area contributed by atoms with Crippen LogP contribution in [0.3, 0.4) is 0 Å². The number of carbonyl (C=O) groups is 2. The van der Waals surface area contributed by atoms with Gasteiger partial charge in [0, 0.05) is 5.02 Å². The Labute approximate surface area is 103 Å². The summed E-state index contributed by atoms with van der Waals surface area (Å²) in [5.41, 5.74) is 0.761. The Bertz CT molecular complexity index is 446. The number of aliphatic hydroxyl groups excluding tert-OH is 1. The van der Waals surface area contributed by atoms with Gasteiger partial charge in [0.25, 0.3) is 0 Å². The molecule has 0 aliphatic carbocycles. The summed E-state index contributed by atoms with van der Waals surface area (Å²) in [6.07, 6.45) is -1.20. The lowest BCUT2D eigenvalue weighted by atomic mass is 10.2. The SMILES string of the molecule is O=C1CC(O)NC(=O)N1Cc1cccc(Cl)c1. The van der Waals surface area contributed by atoms with Crippen LogP contribution >= 0.6 is 11.6 Å². The molecule has 5 nitrogen and oxygen atoms in total. The summed E-state index contributed by atoms with van der Waals surface area (Å²) in [4.78, 5) is 24.1. The Morgan fingerprint density at radius 2 is 2.24 bits per heavy atom. The van der Waals surface area contributed by atoms with Gasteiger partial charge in [-0.15, -0.1) is 0 Å². The molecule has 1 unspecified atom stereocenters. The van der Waals surface area contributed by atoms with Crippen LogP contribution in [-0.4, -0.2) is 28.2 Å². The first-order valence-electron chi connectivity index (χ1n) is 5.09. The van der Waals surface area contributed by atoms with Crippen LogP contribution in [0.4, 0.5) is 4.79 Å². The van der Waals surface area contributed by atoms with E-state index in [0.29, 0.717) is 5.02 Å². The highest BCUT2D eigenvalue weighted by Gasteiger charge is 2.30. The summed E-state index contributed by atoms with van der Waals surface area (Å²) < 4.78 is 0. The Morgan fingerprint density at radius 3 is 2.88 bits per heavy atom. The molecule has 1 aromatic rings. The molecule has 0 aromatic heterocycles. The van der Waals surface area contributed by atoms with Gasteiger partial charge in [0.1, 0.15) is 6.23 Å². The van der Waals surface area contributed by atoms with E-state index in [1.807, 2.05) is 0 Å². The van der Waals surface area contributed by atoms with Crippen molar-refractivity contribution in [2.45, 2.75) is 19.2 Å². The molecule has 1 saturated heterocycles. The van der Waals surface area contributed by atoms with Crippen molar-refractivity contribution in [1.82, 2.24) is 10.2 Å². The maximum absolute atomic E-state index is 11.6. The Morgan fingerprint density at radius 1 is 1.47 bits per heavy atom. The number of nitrogens with one attached hydrogen (secondary N) is 1. The average molecular weight is 255 g/mol. The zero-order chi connectivity index (χ0) is 12.4. The molecule has 17 heavy (non-hydrogen) atoms. The van der Waals surface area contributed by atoms with Gasteiger partial charge in [-0.3, -0.25) is 9.69 Å². The van der Waals surface area contributed by atoms with Crippen LogP contribution in [0, 0.1) is 0 Å². The second kappa shape index (κ2) is 4.73. The Kier molecular flexibility index (Phi) is 3.31. The number of hydrogen-bond donors (Lipinski definition) is 2. The van der Waals surface area contributed by atoms with E-state index in [9.17, 15) is 14.7 Å². The molecular formula is C11H11ClN2O3. The molecule has 0 bridgehead atoms. The van der Waals surface area contributed by atoms with Crippen LogP contribution in [0.15, 0.2) is 24.3 Å². The topological polar surface area (TPSA) is 69.6 Å². The van der Waals surface area contributed by atoms with Crippen molar-refractivity contribution < 1.29 is 14.7 Å². The van der Waals surface area contributed by atoms with Crippen LogP contribution < -0.4 is 5.32 Å². The summed E-state index contributed by atoms with van der Waals surface area (Å²) in [6, 6.07) is 6.34. The predicted octanol–water partition coefficient (Wildman–Crippen LogP) is 1.10. The fourth-order valence-corrected chi connectivity index (χ4v) is 1.85. The number of imide groups is 1. The molecule has 2 N–H and O–H groups in total. The second-order valence-corrected chi connectivity index (χ2v) is 4.22. The molecular weight excluding hydrogens is 244 g/mol. The van der Waals surface area contributed by atoms with E-state index < -0.39 is 18.2 Å². The van der Waals surface area contributed by atoms with Crippen molar-refractivity contribution in [3.8, 4) is 0 Å². The highest BCUT2D eigenvalue weighted by atomic mass is 35.5. The molecule has 6 heteroatoms. The van der Waals surface area contributed by atoms with Crippen molar-refractivity contribution >= 4 is 23.5 Å². The van der Waals surface area contributed by atoms with Gasteiger partial charge in [-0.1, -0.05) is 23.7 Å². The van der Waals surface area contributed by atoms with E-state index in [1.54, 1.807) is 24.3 Å². The van der Waals surface area contributed by atoms with Gasteiger partial charge in [0.05, 0.1) is 13.0 Å². The van der Waals surface area contributed by atoms with E-state index in [0.717, 1.165) is 10.5 Å². The third kappa shape index (κ3) is 2.75. The first-order chi connectivity index (χ1) is 8.06. The molecule has 90 valence electrons. The summed E-state index contributed by atoms with van der Waals surface area (Å²) in [6.45, 7) is 0.151. The lowest BCUT2D eigenvalue weighted by Gasteiger charge is -2.28. The van der Waals surface area contributed by atoms with Gasteiger partial charge >= 0.3 is 6.03 Å². The van der Waals surface area contributed by atoms with Crippen LogP contribution in [0.2, 0.25) is 5.02 Å². The van der Waals surface area contributed by atoms with E-state index in [-0.39, 0.29) is 13.0 Å². The number of nitrogens with zero attached hydrogens (tertiary/aromatic N) is 1. The Hall–Kier alpha value is -1.59. The van der Waals surface area contributed by atoms with Crippen LogP contribution in [0.25, 0.3) is 0 Å². The maximum atomic E-state index is 11.6. The number of halogens is 1. The molecule has 2 rings (SSSR count). The molecule has 1 aliphatic rings. The van der Waals surface area contributed by atoms with Gasteiger partial charge in [-0.25, -0.2) is 4.79 Å². The standard InChI is InChI=1S/C11H11ClN2O3/c12-8-3-1-2-7(4-8)6-14-10(16)5-9(15)13-11(14)17/h1-4,9,15H,5-6H2,(H,13,17).